The zero-order valence-corrected chi connectivity index (χ0v) is 15.2. The SMILES string of the molecule is CCOc1ccc(OCC(=O)OCC(=O)Nc2cc(C)ccc2C)cc1. The molecule has 0 heterocycles. The van der Waals surface area contributed by atoms with E-state index in [0.717, 1.165) is 16.9 Å². The maximum Gasteiger partial charge on any atom is 0.344 e. The Morgan fingerprint density at radius 2 is 1.58 bits per heavy atom. The Morgan fingerprint density at radius 1 is 0.923 bits per heavy atom. The van der Waals surface area contributed by atoms with Crippen molar-refractivity contribution in [3.8, 4) is 11.5 Å². The van der Waals surface area contributed by atoms with Crippen LogP contribution in [-0.4, -0.2) is 31.7 Å². The van der Waals surface area contributed by atoms with E-state index in [1.165, 1.54) is 0 Å². The lowest BCUT2D eigenvalue weighted by Gasteiger charge is -2.10. The number of hydrogen-bond acceptors (Lipinski definition) is 5. The van der Waals surface area contributed by atoms with Crippen LogP contribution in [0, 0.1) is 13.8 Å². The lowest BCUT2D eigenvalue weighted by Crippen LogP contribution is -2.24. The lowest BCUT2D eigenvalue weighted by molar-refractivity contribution is -0.149. The second-order valence-electron chi connectivity index (χ2n) is 5.72. The topological polar surface area (TPSA) is 73.9 Å². The van der Waals surface area contributed by atoms with Gasteiger partial charge in [-0.3, -0.25) is 4.79 Å². The Balaban J connectivity index is 1.74. The molecule has 0 saturated heterocycles. The van der Waals surface area contributed by atoms with Gasteiger partial charge in [0.2, 0.25) is 0 Å². The Bertz CT molecular complexity index is 755. The molecule has 0 radical (unpaired) electrons. The van der Waals surface area contributed by atoms with Gasteiger partial charge >= 0.3 is 5.97 Å². The summed E-state index contributed by atoms with van der Waals surface area (Å²) in [5.41, 5.74) is 2.68. The second-order valence-corrected chi connectivity index (χ2v) is 5.72. The predicted octanol–water partition coefficient (Wildman–Crippen LogP) is 3.26. The molecule has 0 atom stereocenters. The fourth-order valence-electron chi connectivity index (χ4n) is 2.19. The van der Waals surface area contributed by atoms with Crippen LogP contribution in [-0.2, 0) is 14.3 Å². The third-order valence-electron chi connectivity index (χ3n) is 3.52. The average Bonchev–Trinajstić information content (AvgIpc) is 2.63. The Hall–Kier alpha value is -3.02. The summed E-state index contributed by atoms with van der Waals surface area (Å²) in [6, 6.07) is 12.6. The number of carbonyl (C=O) groups is 2. The van der Waals surface area contributed by atoms with E-state index in [1.54, 1.807) is 24.3 Å². The molecule has 0 unspecified atom stereocenters. The molecule has 2 rings (SSSR count). The highest BCUT2D eigenvalue weighted by atomic mass is 16.6. The summed E-state index contributed by atoms with van der Waals surface area (Å²) in [5, 5.41) is 2.73. The molecule has 0 aromatic heterocycles. The maximum atomic E-state index is 11.9. The van der Waals surface area contributed by atoms with Gasteiger partial charge < -0.3 is 19.5 Å². The Kier molecular flexibility index (Phi) is 7.02. The van der Waals surface area contributed by atoms with Crippen molar-refractivity contribution >= 4 is 17.6 Å². The van der Waals surface area contributed by atoms with E-state index in [1.807, 2.05) is 39.0 Å². The van der Waals surface area contributed by atoms with Crippen LogP contribution in [0.15, 0.2) is 42.5 Å². The molecule has 6 heteroatoms. The Morgan fingerprint density at radius 3 is 2.23 bits per heavy atom. The van der Waals surface area contributed by atoms with Crippen molar-refractivity contribution in [3.05, 3.63) is 53.6 Å². The molecule has 0 saturated carbocycles. The molecule has 2 aromatic carbocycles. The van der Waals surface area contributed by atoms with Crippen LogP contribution in [0.2, 0.25) is 0 Å². The molecule has 1 amide bonds. The average molecular weight is 357 g/mol. The summed E-state index contributed by atoms with van der Waals surface area (Å²) in [7, 11) is 0. The van der Waals surface area contributed by atoms with E-state index < -0.39 is 11.9 Å². The van der Waals surface area contributed by atoms with Crippen LogP contribution >= 0.6 is 0 Å². The normalized spacial score (nSPS) is 10.1. The number of esters is 1. The number of ether oxygens (including phenoxy) is 3. The van der Waals surface area contributed by atoms with E-state index in [9.17, 15) is 9.59 Å². The molecule has 0 fully saturated rings. The molecule has 0 aliphatic heterocycles. The zero-order chi connectivity index (χ0) is 18.9. The smallest absolute Gasteiger partial charge is 0.344 e. The van der Waals surface area contributed by atoms with Gasteiger partial charge in [0.15, 0.2) is 13.2 Å². The van der Waals surface area contributed by atoms with Crippen LogP contribution in [0.5, 0.6) is 11.5 Å². The standard InChI is InChI=1S/C20H23NO5/c1-4-24-16-7-9-17(10-8-16)25-13-20(23)26-12-19(22)21-18-11-14(2)5-6-15(18)3/h5-11H,4,12-13H2,1-3H3,(H,21,22). The Labute approximate surface area is 153 Å². The number of aryl methyl sites for hydroxylation is 2. The number of hydrogen-bond donors (Lipinski definition) is 1. The molecule has 0 aliphatic rings. The summed E-state index contributed by atoms with van der Waals surface area (Å²) in [6.45, 7) is 5.68. The second kappa shape index (κ2) is 9.46. The van der Waals surface area contributed by atoms with Gasteiger partial charge in [-0.25, -0.2) is 4.79 Å². The minimum atomic E-state index is -0.616. The highest BCUT2D eigenvalue weighted by Gasteiger charge is 2.10. The van der Waals surface area contributed by atoms with Gasteiger partial charge in [-0.1, -0.05) is 12.1 Å². The van der Waals surface area contributed by atoms with Crippen LogP contribution in [0.4, 0.5) is 5.69 Å². The number of nitrogens with one attached hydrogen (secondary N) is 1. The first kappa shape index (κ1) is 19.3. The van der Waals surface area contributed by atoms with Crippen molar-refractivity contribution in [1.82, 2.24) is 0 Å². The number of rotatable bonds is 8. The third kappa shape index (κ3) is 6.12. The van der Waals surface area contributed by atoms with Gasteiger partial charge in [0.1, 0.15) is 11.5 Å². The van der Waals surface area contributed by atoms with E-state index in [4.69, 9.17) is 14.2 Å². The van der Waals surface area contributed by atoms with E-state index >= 15 is 0 Å². The quantitative estimate of drug-likeness (QED) is 0.734. The van der Waals surface area contributed by atoms with Gasteiger partial charge in [0.05, 0.1) is 6.61 Å². The predicted molar refractivity (Wildman–Crippen MR) is 98.6 cm³/mol. The van der Waals surface area contributed by atoms with E-state index in [2.05, 4.69) is 5.32 Å². The highest BCUT2D eigenvalue weighted by molar-refractivity contribution is 5.93. The zero-order valence-electron chi connectivity index (χ0n) is 15.2. The molecule has 6 nitrogen and oxygen atoms in total. The third-order valence-corrected chi connectivity index (χ3v) is 3.52. The molecule has 0 bridgehead atoms. The van der Waals surface area contributed by atoms with E-state index in [0.29, 0.717) is 18.0 Å². The monoisotopic (exact) mass is 357 g/mol. The van der Waals surface area contributed by atoms with Gasteiger partial charge in [-0.05, 0) is 62.2 Å². The first-order valence-electron chi connectivity index (χ1n) is 8.36. The van der Waals surface area contributed by atoms with Gasteiger partial charge in [-0.2, -0.15) is 0 Å². The van der Waals surface area contributed by atoms with Crippen molar-refractivity contribution in [2.45, 2.75) is 20.8 Å². The minimum Gasteiger partial charge on any atom is -0.494 e. The summed E-state index contributed by atoms with van der Waals surface area (Å²) in [4.78, 5) is 23.6. The first-order chi connectivity index (χ1) is 12.5. The first-order valence-corrected chi connectivity index (χ1v) is 8.36. The molecular formula is C20H23NO5. The fraction of sp³-hybridized carbons (Fsp3) is 0.300. The summed E-state index contributed by atoms with van der Waals surface area (Å²) < 4.78 is 15.6. The number of anilines is 1. The van der Waals surface area contributed by atoms with Crippen molar-refractivity contribution in [2.24, 2.45) is 0 Å². The van der Waals surface area contributed by atoms with Crippen molar-refractivity contribution in [1.29, 1.82) is 0 Å². The van der Waals surface area contributed by atoms with Crippen molar-refractivity contribution in [2.75, 3.05) is 25.1 Å². The molecule has 0 aliphatic carbocycles. The molecular weight excluding hydrogens is 334 g/mol. The van der Waals surface area contributed by atoms with Crippen LogP contribution in [0.1, 0.15) is 18.1 Å². The summed E-state index contributed by atoms with van der Waals surface area (Å²) in [6.07, 6.45) is 0. The maximum absolute atomic E-state index is 11.9. The lowest BCUT2D eigenvalue weighted by atomic mass is 10.1. The summed E-state index contributed by atoms with van der Waals surface area (Å²) in [5.74, 6) is 0.235. The van der Waals surface area contributed by atoms with Crippen LogP contribution in [0.25, 0.3) is 0 Å². The molecule has 2 aromatic rings. The number of carbonyl (C=O) groups excluding carboxylic acids is 2. The van der Waals surface area contributed by atoms with Crippen LogP contribution in [0.3, 0.4) is 0 Å². The van der Waals surface area contributed by atoms with Crippen molar-refractivity contribution in [3.63, 3.8) is 0 Å². The largest absolute Gasteiger partial charge is 0.494 e. The molecule has 0 spiro atoms. The van der Waals surface area contributed by atoms with Gasteiger partial charge in [-0.15, -0.1) is 0 Å². The van der Waals surface area contributed by atoms with Gasteiger partial charge in [0, 0.05) is 5.69 Å². The molecule has 138 valence electrons. The molecule has 26 heavy (non-hydrogen) atoms. The van der Waals surface area contributed by atoms with E-state index in [-0.39, 0.29) is 13.2 Å². The molecule has 1 N–H and O–H groups in total. The van der Waals surface area contributed by atoms with Crippen LogP contribution < -0.4 is 14.8 Å². The number of benzene rings is 2. The minimum absolute atomic E-state index is 0.273. The summed E-state index contributed by atoms with van der Waals surface area (Å²) >= 11 is 0. The van der Waals surface area contributed by atoms with Crippen molar-refractivity contribution < 1.29 is 23.8 Å². The fourth-order valence-corrected chi connectivity index (χ4v) is 2.19. The van der Waals surface area contributed by atoms with Gasteiger partial charge in [0.25, 0.3) is 5.91 Å². The highest BCUT2D eigenvalue weighted by Crippen LogP contribution is 2.18. The number of amides is 1.